The molecular formula is C21H19N5O2S2. The molecule has 30 heavy (non-hydrogen) atoms. The monoisotopic (exact) mass is 437 g/mol. The van der Waals surface area contributed by atoms with Crippen LogP contribution in [0.2, 0.25) is 0 Å². The molecule has 2 aromatic heterocycles. The van der Waals surface area contributed by atoms with Crippen molar-refractivity contribution in [3.05, 3.63) is 77.0 Å². The molecule has 0 saturated heterocycles. The summed E-state index contributed by atoms with van der Waals surface area (Å²) in [4.78, 5) is 16.1. The number of carbonyl (C=O) groups excluding carboxylic acids is 1. The van der Waals surface area contributed by atoms with E-state index in [-0.39, 0.29) is 11.7 Å². The van der Waals surface area contributed by atoms with Gasteiger partial charge >= 0.3 is 0 Å². The van der Waals surface area contributed by atoms with Gasteiger partial charge in [-0.3, -0.25) is 4.79 Å². The molecule has 0 radical (unpaired) electrons. The summed E-state index contributed by atoms with van der Waals surface area (Å²) in [7, 11) is 1.62. The highest BCUT2D eigenvalue weighted by atomic mass is 32.2. The van der Waals surface area contributed by atoms with Crippen molar-refractivity contribution >= 4 is 34.7 Å². The van der Waals surface area contributed by atoms with Crippen molar-refractivity contribution in [3.63, 3.8) is 0 Å². The summed E-state index contributed by atoms with van der Waals surface area (Å²) in [5.74, 6) is 0.935. The molecule has 0 saturated carbocycles. The van der Waals surface area contributed by atoms with E-state index in [1.807, 2.05) is 72.1 Å². The Bertz CT molecular complexity index is 1080. The first-order valence-electron chi connectivity index (χ1n) is 9.18. The fourth-order valence-corrected chi connectivity index (χ4v) is 4.31. The molecule has 0 atom stereocenters. The lowest BCUT2D eigenvalue weighted by atomic mass is 10.2. The predicted octanol–water partition coefficient (Wildman–Crippen LogP) is 4.06. The molecule has 4 rings (SSSR count). The van der Waals surface area contributed by atoms with Crippen molar-refractivity contribution < 1.29 is 9.53 Å². The van der Waals surface area contributed by atoms with Crippen LogP contribution in [-0.2, 0) is 11.3 Å². The Morgan fingerprint density at radius 2 is 1.90 bits per heavy atom. The van der Waals surface area contributed by atoms with Gasteiger partial charge in [0.15, 0.2) is 0 Å². The van der Waals surface area contributed by atoms with E-state index in [0.717, 1.165) is 22.0 Å². The quantitative estimate of drug-likeness (QED) is 0.387. The topological polar surface area (TPSA) is 73.1 Å². The second-order valence-corrected chi connectivity index (χ2v) is 8.23. The molecule has 0 bridgehead atoms. The van der Waals surface area contributed by atoms with Crippen molar-refractivity contribution in [2.24, 2.45) is 0 Å². The van der Waals surface area contributed by atoms with Crippen LogP contribution in [0.5, 0.6) is 5.75 Å². The maximum Gasteiger partial charge on any atom is 0.237 e. The fraction of sp³-hybridized carbons (Fsp3) is 0.143. The first kappa shape index (κ1) is 20.1. The molecule has 7 nitrogen and oxygen atoms in total. The maximum absolute atomic E-state index is 13.2. The Labute approximate surface area is 182 Å². The molecule has 152 valence electrons. The number of rotatable bonds is 8. The molecule has 2 heterocycles. The molecule has 0 N–H and O–H groups in total. The molecule has 0 aliphatic heterocycles. The number of anilines is 1. The van der Waals surface area contributed by atoms with E-state index in [4.69, 9.17) is 4.74 Å². The van der Waals surface area contributed by atoms with Gasteiger partial charge in [0, 0.05) is 10.6 Å². The van der Waals surface area contributed by atoms with Crippen LogP contribution in [-0.4, -0.2) is 39.0 Å². The van der Waals surface area contributed by atoms with E-state index < -0.39 is 0 Å². The van der Waals surface area contributed by atoms with Gasteiger partial charge in [0.1, 0.15) is 5.75 Å². The smallest absolute Gasteiger partial charge is 0.237 e. The van der Waals surface area contributed by atoms with Crippen molar-refractivity contribution in [3.8, 4) is 11.4 Å². The average molecular weight is 438 g/mol. The predicted molar refractivity (Wildman–Crippen MR) is 118 cm³/mol. The van der Waals surface area contributed by atoms with Gasteiger partial charge in [-0.15, -0.1) is 16.4 Å². The van der Waals surface area contributed by atoms with Crippen LogP contribution in [0.3, 0.4) is 0 Å². The SMILES string of the molecule is COc1ccc(N(Cc2cccs2)C(=O)CSc2nnnn2-c2ccccc2)cc1. The van der Waals surface area contributed by atoms with E-state index in [1.54, 1.807) is 28.0 Å². The standard InChI is InChI=1S/C21H19N5O2S2/c1-28-18-11-9-16(10-12-18)25(14-19-8-5-13-29-19)20(27)15-30-21-22-23-24-26(21)17-6-3-2-4-7-17/h2-13H,14-15H2,1H3. The van der Waals surface area contributed by atoms with Gasteiger partial charge in [-0.2, -0.15) is 4.68 Å². The van der Waals surface area contributed by atoms with Crippen LogP contribution in [0.4, 0.5) is 5.69 Å². The molecule has 9 heteroatoms. The minimum Gasteiger partial charge on any atom is -0.497 e. The molecule has 0 aliphatic rings. The lowest BCUT2D eigenvalue weighted by Gasteiger charge is -2.22. The minimum atomic E-state index is -0.0267. The minimum absolute atomic E-state index is 0.0267. The van der Waals surface area contributed by atoms with Crippen molar-refractivity contribution in [1.29, 1.82) is 0 Å². The molecule has 0 unspecified atom stereocenters. The van der Waals surface area contributed by atoms with E-state index in [1.165, 1.54) is 11.8 Å². The third-order valence-corrected chi connectivity index (χ3v) is 6.11. The lowest BCUT2D eigenvalue weighted by molar-refractivity contribution is -0.116. The highest BCUT2D eigenvalue weighted by Crippen LogP contribution is 2.25. The molecule has 0 fully saturated rings. The van der Waals surface area contributed by atoms with E-state index >= 15 is 0 Å². The number of amides is 1. The van der Waals surface area contributed by atoms with Gasteiger partial charge in [-0.05, 0) is 58.3 Å². The number of nitrogens with zero attached hydrogens (tertiary/aromatic N) is 5. The number of aromatic nitrogens is 4. The van der Waals surface area contributed by atoms with E-state index in [0.29, 0.717) is 11.7 Å². The number of benzene rings is 2. The summed E-state index contributed by atoms with van der Waals surface area (Å²) in [6.45, 7) is 0.507. The normalized spacial score (nSPS) is 10.7. The van der Waals surface area contributed by atoms with Crippen LogP contribution in [0.1, 0.15) is 4.88 Å². The molecule has 1 amide bonds. The summed E-state index contributed by atoms with van der Waals surface area (Å²) in [5.41, 5.74) is 1.67. The highest BCUT2D eigenvalue weighted by molar-refractivity contribution is 7.99. The molecular weight excluding hydrogens is 418 g/mol. The average Bonchev–Trinajstić information content (AvgIpc) is 3.48. The van der Waals surface area contributed by atoms with Gasteiger partial charge in [0.05, 0.1) is 25.1 Å². The first-order valence-corrected chi connectivity index (χ1v) is 11.0. The van der Waals surface area contributed by atoms with E-state index in [2.05, 4.69) is 15.5 Å². The largest absolute Gasteiger partial charge is 0.497 e. The molecule has 4 aromatic rings. The van der Waals surface area contributed by atoms with Crippen LogP contribution in [0.15, 0.2) is 77.3 Å². The second-order valence-electron chi connectivity index (χ2n) is 6.25. The summed E-state index contributed by atoms with van der Waals surface area (Å²) < 4.78 is 6.87. The van der Waals surface area contributed by atoms with Crippen molar-refractivity contribution in [2.75, 3.05) is 17.8 Å². The zero-order chi connectivity index (χ0) is 20.8. The van der Waals surface area contributed by atoms with Crippen molar-refractivity contribution in [1.82, 2.24) is 20.2 Å². The lowest BCUT2D eigenvalue weighted by Crippen LogP contribution is -2.31. The number of methoxy groups -OCH3 is 1. The molecule has 2 aromatic carbocycles. The molecule has 0 aliphatic carbocycles. The van der Waals surface area contributed by atoms with Gasteiger partial charge in [0.2, 0.25) is 11.1 Å². The van der Waals surface area contributed by atoms with Gasteiger partial charge in [0.25, 0.3) is 0 Å². The number of hydrogen-bond acceptors (Lipinski definition) is 7. The van der Waals surface area contributed by atoms with Gasteiger partial charge < -0.3 is 9.64 Å². The Kier molecular flexibility index (Phi) is 6.41. The zero-order valence-corrected chi connectivity index (χ0v) is 17.8. The first-order chi connectivity index (χ1) is 14.7. The number of para-hydroxylation sites is 1. The summed E-state index contributed by atoms with van der Waals surface area (Å²) in [6.07, 6.45) is 0. The number of carbonyl (C=O) groups is 1. The van der Waals surface area contributed by atoms with Crippen LogP contribution < -0.4 is 9.64 Å². The summed E-state index contributed by atoms with van der Waals surface area (Å²) in [5, 5.41) is 14.5. The number of thiophene rings is 1. The fourth-order valence-electron chi connectivity index (χ4n) is 2.85. The third kappa shape index (κ3) is 4.69. The van der Waals surface area contributed by atoms with Gasteiger partial charge in [-0.25, -0.2) is 0 Å². The van der Waals surface area contributed by atoms with Crippen LogP contribution in [0.25, 0.3) is 5.69 Å². The number of hydrogen-bond donors (Lipinski definition) is 0. The van der Waals surface area contributed by atoms with Crippen molar-refractivity contribution in [2.45, 2.75) is 11.7 Å². The third-order valence-electron chi connectivity index (χ3n) is 4.35. The Balaban J connectivity index is 1.51. The zero-order valence-electron chi connectivity index (χ0n) is 16.2. The number of thioether (sulfide) groups is 1. The summed E-state index contributed by atoms with van der Waals surface area (Å²) in [6, 6.07) is 21.1. The van der Waals surface area contributed by atoms with E-state index in [9.17, 15) is 4.79 Å². The second kappa shape index (κ2) is 9.55. The van der Waals surface area contributed by atoms with Gasteiger partial charge in [-0.1, -0.05) is 36.0 Å². The Morgan fingerprint density at radius 3 is 2.60 bits per heavy atom. The summed E-state index contributed by atoms with van der Waals surface area (Å²) >= 11 is 2.94. The Morgan fingerprint density at radius 1 is 1.10 bits per heavy atom. The van der Waals surface area contributed by atoms with Crippen LogP contribution in [0, 0.1) is 0 Å². The highest BCUT2D eigenvalue weighted by Gasteiger charge is 2.19. The number of tetrazole rings is 1. The maximum atomic E-state index is 13.2. The molecule has 0 spiro atoms. The Hall–Kier alpha value is -3.17. The number of ether oxygens (including phenoxy) is 1. The van der Waals surface area contributed by atoms with Crippen LogP contribution >= 0.6 is 23.1 Å².